The highest BCUT2D eigenvalue weighted by Crippen LogP contribution is 2.20. The maximum absolute atomic E-state index is 12.8. The first-order valence-corrected chi connectivity index (χ1v) is 11.5. The van der Waals surface area contributed by atoms with Crippen molar-refractivity contribution in [1.29, 1.82) is 0 Å². The first kappa shape index (κ1) is 23.5. The van der Waals surface area contributed by atoms with Gasteiger partial charge in [-0.2, -0.15) is 0 Å². The molecule has 1 aliphatic heterocycles. The molecule has 170 valence electrons. The zero-order valence-corrected chi connectivity index (χ0v) is 19.0. The van der Waals surface area contributed by atoms with E-state index < -0.39 is 0 Å². The van der Waals surface area contributed by atoms with Crippen molar-refractivity contribution in [2.45, 2.75) is 39.5 Å². The molecule has 0 unspecified atom stereocenters. The van der Waals surface area contributed by atoms with Crippen LogP contribution in [0.25, 0.3) is 0 Å². The van der Waals surface area contributed by atoms with Gasteiger partial charge in [-0.25, -0.2) is 0 Å². The van der Waals surface area contributed by atoms with Crippen LogP contribution >= 0.6 is 0 Å². The van der Waals surface area contributed by atoms with Crippen molar-refractivity contribution in [3.8, 4) is 0 Å². The zero-order chi connectivity index (χ0) is 22.9. The van der Waals surface area contributed by atoms with E-state index in [1.165, 1.54) is 5.56 Å². The predicted octanol–water partition coefficient (Wildman–Crippen LogP) is 3.88. The summed E-state index contributed by atoms with van der Waals surface area (Å²) in [6.45, 7) is 5.50. The number of amides is 3. The number of carbonyl (C=O) groups excluding carboxylic acids is 3. The monoisotopic (exact) mass is 435 g/mol. The summed E-state index contributed by atoms with van der Waals surface area (Å²) in [4.78, 5) is 38.9. The minimum Gasteiger partial charge on any atom is -0.356 e. The molecular weight excluding hydrogens is 402 g/mol. The quantitative estimate of drug-likeness (QED) is 0.618. The minimum absolute atomic E-state index is 0.0338. The summed E-state index contributed by atoms with van der Waals surface area (Å²) in [7, 11) is 0. The Balaban J connectivity index is 1.40. The van der Waals surface area contributed by atoms with Gasteiger partial charge in [0.2, 0.25) is 11.8 Å². The number of benzene rings is 2. The van der Waals surface area contributed by atoms with E-state index >= 15 is 0 Å². The topological polar surface area (TPSA) is 78.5 Å². The smallest absolute Gasteiger partial charge is 0.253 e. The van der Waals surface area contributed by atoms with E-state index in [2.05, 4.69) is 22.8 Å². The Labute approximate surface area is 190 Å². The second-order valence-electron chi connectivity index (χ2n) is 8.67. The molecule has 6 heteroatoms. The normalized spacial score (nSPS) is 14.3. The summed E-state index contributed by atoms with van der Waals surface area (Å²) in [6, 6.07) is 17.3. The van der Waals surface area contributed by atoms with E-state index in [0.29, 0.717) is 43.7 Å². The Morgan fingerprint density at radius 2 is 1.62 bits per heavy atom. The van der Waals surface area contributed by atoms with Crippen molar-refractivity contribution in [2.75, 3.05) is 25.0 Å². The molecule has 2 aromatic carbocycles. The third-order valence-corrected chi connectivity index (χ3v) is 5.86. The number of rotatable bonds is 8. The molecule has 0 bridgehead atoms. The summed E-state index contributed by atoms with van der Waals surface area (Å²) < 4.78 is 0. The molecule has 6 nitrogen and oxygen atoms in total. The summed E-state index contributed by atoms with van der Waals surface area (Å²) in [5.74, 6) is -0.128. The van der Waals surface area contributed by atoms with Crippen molar-refractivity contribution < 1.29 is 14.4 Å². The molecule has 3 amide bonds. The third kappa shape index (κ3) is 6.67. The second kappa shape index (κ2) is 11.5. The first-order chi connectivity index (χ1) is 15.4. The molecule has 0 spiro atoms. The van der Waals surface area contributed by atoms with E-state index in [0.717, 1.165) is 12.8 Å². The molecular formula is C26H33N3O3. The molecule has 0 atom stereocenters. The number of likely N-dealkylation sites (tertiary alicyclic amines) is 1. The predicted molar refractivity (Wildman–Crippen MR) is 126 cm³/mol. The van der Waals surface area contributed by atoms with Gasteiger partial charge in [-0.15, -0.1) is 0 Å². The van der Waals surface area contributed by atoms with Crippen molar-refractivity contribution in [1.82, 2.24) is 10.2 Å². The van der Waals surface area contributed by atoms with Gasteiger partial charge in [0, 0.05) is 42.7 Å². The van der Waals surface area contributed by atoms with Gasteiger partial charge in [0.25, 0.3) is 5.91 Å². The summed E-state index contributed by atoms with van der Waals surface area (Å²) in [6.07, 6.45) is 3.23. The highest BCUT2D eigenvalue weighted by atomic mass is 16.2. The highest BCUT2D eigenvalue weighted by molar-refractivity contribution is 5.96. The maximum Gasteiger partial charge on any atom is 0.253 e. The molecule has 1 fully saturated rings. The van der Waals surface area contributed by atoms with Gasteiger partial charge in [-0.3, -0.25) is 14.4 Å². The Hall–Kier alpha value is -3.15. The van der Waals surface area contributed by atoms with Gasteiger partial charge in [-0.05, 0) is 55.5 Å². The van der Waals surface area contributed by atoms with E-state index in [1.807, 2.05) is 32.0 Å². The molecule has 0 aliphatic carbocycles. The van der Waals surface area contributed by atoms with Gasteiger partial charge >= 0.3 is 0 Å². The maximum atomic E-state index is 12.8. The molecule has 0 aromatic heterocycles. The van der Waals surface area contributed by atoms with E-state index in [-0.39, 0.29) is 29.6 Å². The van der Waals surface area contributed by atoms with Crippen LogP contribution in [-0.4, -0.2) is 42.3 Å². The largest absolute Gasteiger partial charge is 0.356 e. The Bertz CT molecular complexity index is 902. The molecule has 2 aromatic rings. The number of piperidine rings is 1. The molecule has 2 N–H and O–H groups in total. The Morgan fingerprint density at radius 3 is 2.25 bits per heavy atom. The van der Waals surface area contributed by atoms with Gasteiger partial charge in [-0.1, -0.05) is 44.2 Å². The fourth-order valence-electron chi connectivity index (χ4n) is 3.80. The highest BCUT2D eigenvalue weighted by Gasteiger charge is 2.27. The first-order valence-electron chi connectivity index (χ1n) is 11.5. The number of aryl methyl sites for hydroxylation is 1. The van der Waals surface area contributed by atoms with Crippen LogP contribution in [0.5, 0.6) is 0 Å². The van der Waals surface area contributed by atoms with Crippen molar-refractivity contribution in [2.24, 2.45) is 11.8 Å². The standard InChI is InChI=1S/C26H33N3O3/c1-19(2)24(30)28-23-12-10-22(11-13-23)26(32)29-17-14-21(15-18-29)25(31)27-16-6-9-20-7-4-3-5-8-20/h3-5,7-8,10-13,19,21H,6,9,14-18H2,1-2H3,(H,27,31)(H,28,30). The second-order valence-corrected chi connectivity index (χ2v) is 8.67. The van der Waals surface area contributed by atoms with Crippen LogP contribution in [0.1, 0.15) is 49.0 Å². The van der Waals surface area contributed by atoms with E-state index in [4.69, 9.17) is 0 Å². The van der Waals surface area contributed by atoms with E-state index in [1.54, 1.807) is 29.2 Å². The lowest BCUT2D eigenvalue weighted by Crippen LogP contribution is -2.43. The molecule has 1 heterocycles. The molecule has 1 aliphatic rings. The summed E-state index contributed by atoms with van der Waals surface area (Å²) in [5.41, 5.74) is 2.56. The SMILES string of the molecule is CC(C)C(=O)Nc1ccc(C(=O)N2CCC(C(=O)NCCCc3ccccc3)CC2)cc1. The van der Waals surface area contributed by atoms with E-state index in [9.17, 15) is 14.4 Å². The molecule has 0 radical (unpaired) electrons. The average molecular weight is 436 g/mol. The fraction of sp³-hybridized carbons (Fsp3) is 0.423. The van der Waals surface area contributed by atoms with Crippen LogP contribution in [0, 0.1) is 11.8 Å². The van der Waals surface area contributed by atoms with Crippen LogP contribution in [0.4, 0.5) is 5.69 Å². The zero-order valence-electron chi connectivity index (χ0n) is 19.0. The lowest BCUT2D eigenvalue weighted by atomic mass is 9.95. The van der Waals surface area contributed by atoms with Gasteiger partial charge in [0.1, 0.15) is 0 Å². The lowest BCUT2D eigenvalue weighted by molar-refractivity contribution is -0.126. The van der Waals surface area contributed by atoms with Gasteiger partial charge in [0.15, 0.2) is 0 Å². The number of hydrogen-bond acceptors (Lipinski definition) is 3. The van der Waals surface area contributed by atoms with Crippen LogP contribution in [0.3, 0.4) is 0 Å². The number of nitrogens with one attached hydrogen (secondary N) is 2. The van der Waals surface area contributed by atoms with Crippen LogP contribution in [-0.2, 0) is 16.0 Å². The van der Waals surface area contributed by atoms with Gasteiger partial charge < -0.3 is 15.5 Å². The summed E-state index contributed by atoms with van der Waals surface area (Å²) >= 11 is 0. The summed E-state index contributed by atoms with van der Waals surface area (Å²) in [5, 5.41) is 5.88. The van der Waals surface area contributed by atoms with Crippen molar-refractivity contribution in [3.63, 3.8) is 0 Å². The lowest BCUT2D eigenvalue weighted by Gasteiger charge is -2.31. The Morgan fingerprint density at radius 1 is 0.969 bits per heavy atom. The van der Waals surface area contributed by atoms with Crippen molar-refractivity contribution >= 4 is 23.4 Å². The van der Waals surface area contributed by atoms with Crippen LogP contribution < -0.4 is 10.6 Å². The molecule has 0 saturated carbocycles. The van der Waals surface area contributed by atoms with Gasteiger partial charge in [0.05, 0.1) is 0 Å². The number of carbonyl (C=O) groups is 3. The average Bonchev–Trinajstić information content (AvgIpc) is 2.82. The third-order valence-electron chi connectivity index (χ3n) is 5.86. The minimum atomic E-state index is -0.0985. The van der Waals surface area contributed by atoms with Crippen LogP contribution in [0.15, 0.2) is 54.6 Å². The number of hydrogen-bond donors (Lipinski definition) is 2. The molecule has 3 rings (SSSR count). The molecule has 32 heavy (non-hydrogen) atoms. The van der Waals surface area contributed by atoms with Crippen molar-refractivity contribution in [3.05, 3.63) is 65.7 Å². The number of anilines is 1. The van der Waals surface area contributed by atoms with Crippen LogP contribution in [0.2, 0.25) is 0 Å². The Kier molecular flexibility index (Phi) is 8.42. The number of nitrogens with zero attached hydrogens (tertiary/aromatic N) is 1. The molecule has 1 saturated heterocycles. The fourth-order valence-corrected chi connectivity index (χ4v) is 3.80.